The molecule has 2 heterocycles. The minimum atomic E-state index is -1.40. The van der Waals surface area contributed by atoms with Crippen molar-refractivity contribution in [1.82, 2.24) is 4.57 Å². The average molecular weight is 357 g/mol. The molecule has 0 radical (unpaired) electrons. The number of nitrogen functional groups attached to an aromatic ring is 1. The number of aromatic nitrogens is 1. The molecular weight excluding hydrogens is 346 g/mol. The van der Waals surface area contributed by atoms with Gasteiger partial charge in [-0.3, -0.25) is 14.9 Å². The van der Waals surface area contributed by atoms with Crippen molar-refractivity contribution in [3.05, 3.63) is 50.9 Å². The Morgan fingerprint density at radius 3 is 2.77 bits per heavy atom. The van der Waals surface area contributed by atoms with Crippen LogP contribution in [0.25, 0.3) is 5.69 Å². The molecule has 1 unspecified atom stereocenters. The summed E-state index contributed by atoms with van der Waals surface area (Å²) in [4.78, 5) is 48.5. The molecule has 26 heavy (non-hydrogen) atoms. The summed E-state index contributed by atoms with van der Waals surface area (Å²) >= 11 is 0. The highest BCUT2D eigenvalue weighted by atomic mass is 16.6. The number of hydrogen-bond donors (Lipinski definition) is 3. The normalized spacial score (nSPS) is 15.4. The van der Waals surface area contributed by atoms with Crippen molar-refractivity contribution < 1.29 is 19.6 Å². The van der Waals surface area contributed by atoms with Crippen LogP contribution in [0, 0.1) is 10.1 Å². The summed E-state index contributed by atoms with van der Waals surface area (Å²) in [5.74, 6) is -1.40. The third-order valence-corrected chi connectivity index (χ3v) is 3.72. The maximum absolute atomic E-state index is 11.4. The largest absolute Gasteiger partial charge is 0.477 e. The number of fused-ring (bicyclic) bond motifs is 1. The summed E-state index contributed by atoms with van der Waals surface area (Å²) in [6, 6.07) is 2.32. The number of nitrogens with zero attached hydrogens (tertiary/aromatic N) is 3. The van der Waals surface area contributed by atoms with Gasteiger partial charge >= 0.3 is 5.97 Å². The molecule has 2 aromatic rings. The predicted molar refractivity (Wildman–Crippen MR) is 91.3 cm³/mol. The summed E-state index contributed by atoms with van der Waals surface area (Å²) in [6.07, 6.45) is 2.85. The number of nitro groups is 1. The van der Waals surface area contributed by atoms with Crippen LogP contribution in [0.2, 0.25) is 0 Å². The lowest BCUT2D eigenvalue weighted by Crippen LogP contribution is -2.38. The van der Waals surface area contributed by atoms with Gasteiger partial charge in [-0.25, -0.2) is 9.79 Å². The smallest absolute Gasteiger partial charge is 0.352 e. The van der Waals surface area contributed by atoms with E-state index in [-0.39, 0.29) is 28.4 Å². The van der Waals surface area contributed by atoms with Crippen LogP contribution in [0.15, 0.2) is 40.4 Å². The topological polar surface area (TPSA) is 170 Å². The highest BCUT2D eigenvalue weighted by Crippen LogP contribution is 2.37. The van der Waals surface area contributed by atoms with Crippen molar-refractivity contribution in [3.8, 4) is 5.69 Å². The summed E-state index contributed by atoms with van der Waals surface area (Å²) < 4.78 is 1.26. The molecule has 0 bridgehead atoms. The number of nitro benzene ring substituents is 1. The summed E-state index contributed by atoms with van der Waals surface area (Å²) in [5.41, 5.74) is 4.47. The molecule has 0 amide bonds. The monoisotopic (exact) mass is 357 g/mol. The number of anilines is 2. The Bertz CT molecular complexity index is 1040. The molecule has 3 rings (SSSR count). The van der Waals surface area contributed by atoms with Gasteiger partial charge in [0.1, 0.15) is 18.0 Å². The molecular formula is C15H11N5O6. The number of benzene rings is 1. The van der Waals surface area contributed by atoms with Crippen molar-refractivity contribution in [3.63, 3.8) is 0 Å². The molecule has 1 atom stereocenters. The first-order valence-electron chi connectivity index (χ1n) is 7.16. The zero-order valence-corrected chi connectivity index (χ0v) is 12.9. The Hall–Kier alpha value is -4.02. The first kappa shape index (κ1) is 16.8. The Morgan fingerprint density at radius 1 is 1.46 bits per heavy atom. The number of carboxylic acid groups (broad SMARTS) is 1. The second-order valence-electron chi connectivity index (χ2n) is 5.35. The van der Waals surface area contributed by atoms with Crippen LogP contribution in [0.3, 0.4) is 0 Å². The van der Waals surface area contributed by atoms with Gasteiger partial charge in [0.25, 0.3) is 5.69 Å². The molecule has 1 aliphatic rings. The maximum atomic E-state index is 11.4. The SMILES string of the molecule is Nc1cn(-c2cc3c(cc2[N+](=O)[O-])NC(C=O)C(C(=O)O)=N3)ccc1=O. The Kier molecular flexibility index (Phi) is 3.96. The minimum absolute atomic E-state index is 0.0280. The zero-order valence-electron chi connectivity index (χ0n) is 12.9. The predicted octanol–water partition coefficient (Wildman–Crippen LogP) is 0.478. The van der Waals surface area contributed by atoms with Crippen molar-refractivity contribution in [1.29, 1.82) is 0 Å². The van der Waals surface area contributed by atoms with Gasteiger partial charge in [0.05, 0.1) is 22.0 Å². The van der Waals surface area contributed by atoms with Crippen LogP contribution in [0.1, 0.15) is 0 Å². The lowest BCUT2D eigenvalue weighted by molar-refractivity contribution is -0.384. The number of carbonyl (C=O) groups is 2. The van der Waals surface area contributed by atoms with Crippen LogP contribution >= 0.6 is 0 Å². The van der Waals surface area contributed by atoms with E-state index in [0.29, 0.717) is 6.29 Å². The molecule has 0 fully saturated rings. The summed E-state index contributed by atoms with van der Waals surface area (Å²) in [5, 5.41) is 23.2. The molecule has 0 spiro atoms. The first-order valence-corrected chi connectivity index (χ1v) is 7.16. The fourth-order valence-electron chi connectivity index (χ4n) is 2.49. The summed E-state index contributed by atoms with van der Waals surface area (Å²) in [6.45, 7) is 0. The second kappa shape index (κ2) is 6.12. The number of carbonyl (C=O) groups excluding carboxylic acids is 1. The third kappa shape index (κ3) is 2.77. The molecule has 0 saturated carbocycles. The van der Waals surface area contributed by atoms with Crippen LogP contribution in [0.5, 0.6) is 0 Å². The molecule has 11 nitrogen and oxygen atoms in total. The van der Waals surface area contributed by atoms with E-state index in [1.807, 2.05) is 0 Å². The molecule has 1 aromatic carbocycles. The zero-order chi connectivity index (χ0) is 19.0. The number of aliphatic carboxylic acids is 1. The van der Waals surface area contributed by atoms with E-state index in [2.05, 4.69) is 10.3 Å². The molecule has 1 aromatic heterocycles. The van der Waals surface area contributed by atoms with Crippen LogP contribution in [-0.2, 0) is 9.59 Å². The molecule has 0 saturated heterocycles. The number of rotatable bonds is 4. The molecule has 4 N–H and O–H groups in total. The number of hydrogen-bond acceptors (Lipinski definition) is 8. The van der Waals surface area contributed by atoms with Crippen LogP contribution in [0.4, 0.5) is 22.7 Å². The molecule has 132 valence electrons. The highest BCUT2D eigenvalue weighted by molar-refractivity contribution is 6.42. The van der Waals surface area contributed by atoms with Crippen molar-refractivity contribution in [2.45, 2.75) is 6.04 Å². The Morgan fingerprint density at radius 2 is 2.19 bits per heavy atom. The standard InChI is InChI=1S/C15H11N5O6/c16-7-5-19(2-1-13(7)22)11-3-9-8(4-12(11)20(25)26)17-10(6-21)14(18-9)15(23)24/h1-6,10,17H,16H2,(H,23,24). The van der Waals surface area contributed by atoms with Gasteiger partial charge in [-0.05, 0) is 6.07 Å². The average Bonchev–Trinajstić information content (AvgIpc) is 2.61. The maximum Gasteiger partial charge on any atom is 0.352 e. The van der Waals surface area contributed by atoms with E-state index in [1.54, 1.807) is 0 Å². The third-order valence-electron chi connectivity index (χ3n) is 3.72. The number of nitrogens with one attached hydrogen (secondary N) is 1. The molecule has 1 aliphatic heterocycles. The summed E-state index contributed by atoms with van der Waals surface area (Å²) in [7, 11) is 0. The number of carboxylic acids is 1. The fourth-order valence-corrected chi connectivity index (χ4v) is 2.49. The van der Waals surface area contributed by atoms with Gasteiger partial charge < -0.3 is 25.5 Å². The second-order valence-corrected chi connectivity index (χ2v) is 5.35. The van der Waals surface area contributed by atoms with Crippen LogP contribution in [-0.4, -0.2) is 38.6 Å². The van der Waals surface area contributed by atoms with E-state index in [0.717, 1.165) is 12.1 Å². The van der Waals surface area contributed by atoms with Gasteiger partial charge in [0.15, 0.2) is 5.71 Å². The van der Waals surface area contributed by atoms with Crippen molar-refractivity contribution in [2.24, 2.45) is 4.99 Å². The van der Waals surface area contributed by atoms with Crippen molar-refractivity contribution >= 4 is 40.7 Å². The highest BCUT2D eigenvalue weighted by Gasteiger charge is 2.30. The van der Waals surface area contributed by atoms with Gasteiger partial charge in [-0.2, -0.15) is 0 Å². The van der Waals surface area contributed by atoms with E-state index in [1.165, 1.54) is 23.0 Å². The number of pyridine rings is 1. The lowest BCUT2D eigenvalue weighted by Gasteiger charge is -2.21. The Labute approximate surface area is 144 Å². The van der Waals surface area contributed by atoms with E-state index in [4.69, 9.17) is 10.8 Å². The van der Waals surface area contributed by atoms with E-state index < -0.39 is 28.1 Å². The number of nitrogens with two attached hydrogens (primary N) is 1. The fraction of sp³-hybridized carbons (Fsp3) is 0.0667. The van der Waals surface area contributed by atoms with E-state index >= 15 is 0 Å². The quantitative estimate of drug-likeness (QED) is 0.403. The van der Waals surface area contributed by atoms with E-state index in [9.17, 15) is 24.5 Å². The lowest BCUT2D eigenvalue weighted by atomic mass is 10.1. The molecule has 11 heteroatoms. The van der Waals surface area contributed by atoms with Gasteiger partial charge in [-0.1, -0.05) is 0 Å². The minimum Gasteiger partial charge on any atom is -0.477 e. The molecule has 0 aliphatic carbocycles. The van der Waals surface area contributed by atoms with Gasteiger partial charge in [0, 0.05) is 24.5 Å². The first-order chi connectivity index (χ1) is 12.3. The number of aldehydes is 1. The van der Waals surface area contributed by atoms with Crippen LogP contribution < -0.4 is 16.5 Å². The Balaban J connectivity index is 2.25. The number of aliphatic imine (C=N–C) groups is 1. The van der Waals surface area contributed by atoms with Gasteiger partial charge in [0.2, 0.25) is 5.43 Å². The van der Waals surface area contributed by atoms with Crippen molar-refractivity contribution in [2.75, 3.05) is 11.1 Å². The van der Waals surface area contributed by atoms with Gasteiger partial charge in [-0.15, -0.1) is 0 Å².